The molecule has 0 radical (unpaired) electrons. The Morgan fingerprint density at radius 1 is 0.892 bits per heavy atom. The summed E-state index contributed by atoms with van der Waals surface area (Å²) in [4.78, 5) is 17.7. The van der Waals surface area contributed by atoms with E-state index in [4.69, 9.17) is 0 Å². The molecule has 5 atom stereocenters. The number of nitrogens with zero attached hydrogens (tertiary/aromatic N) is 2. The van der Waals surface area contributed by atoms with Gasteiger partial charge in [0.2, 0.25) is 5.91 Å². The van der Waals surface area contributed by atoms with Crippen molar-refractivity contribution in [3.63, 3.8) is 0 Å². The Morgan fingerprint density at radius 2 is 1.51 bits per heavy atom. The molecule has 0 bridgehead atoms. The third kappa shape index (κ3) is 5.38. The standard InChI is InChI=1S/C28H34F4N2O2.ClH/c1-16-12-33(13-17(2)28(16,36)18-6-9-23(30)25(32)10-18)26(35)22-15-34(27(3,4)5)14-21(22)20-8-7-19(29)11-24(20)31;/h6-11,16-17,21-22,36H,12-15H2,1-5H3;1H/t16-,17+,21-,22+,28?;/m0./s1. The molecule has 0 aromatic heterocycles. The van der Waals surface area contributed by atoms with Crippen LogP contribution in [0.5, 0.6) is 0 Å². The van der Waals surface area contributed by atoms with Crippen LogP contribution in [-0.4, -0.2) is 52.5 Å². The third-order valence-electron chi connectivity index (χ3n) is 8.13. The molecule has 2 heterocycles. The summed E-state index contributed by atoms with van der Waals surface area (Å²) in [6, 6.07) is 6.89. The molecule has 204 valence electrons. The summed E-state index contributed by atoms with van der Waals surface area (Å²) >= 11 is 0. The van der Waals surface area contributed by atoms with Gasteiger partial charge in [0.15, 0.2) is 11.6 Å². The van der Waals surface area contributed by atoms with Gasteiger partial charge in [-0.15, -0.1) is 12.4 Å². The summed E-state index contributed by atoms with van der Waals surface area (Å²) < 4.78 is 55.9. The van der Waals surface area contributed by atoms with E-state index in [-0.39, 0.29) is 42.5 Å². The fourth-order valence-corrected chi connectivity index (χ4v) is 5.95. The number of carbonyl (C=O) groups excluding carboxylic acids is 1. The summed E-state index contributed by atoms with van der Waals surface area (Å²) in [6.07, 6.45) is 0. The topological polar surface area (TPSA) is 43.8 Å². The molecule has 0 saturated carbocycles. The lowest BCUT2D eigenvalue weighted by Gasteiger charge is -2.48. The summed E-state index contributed by atoms with van der Waals surface area (Å²) in [6.45, 7) is 11.0. The quantitative estimate of drug-likeness (QED) is 0.522. The average molecular weight is 543 g/mol. The maximum absolute atomic E-state index is 14.8. The molecule has 4 rings (SSSR count). The fraction of sp³-hybridized carbons (Fsp3) is 0.536. The van der Waals surface area contributed by atoms with Crippen LogP contribution < -0.4 is 0 Å². The van der Waals surface area contributed by atoms with Crippen LogP contribution in [0.2, 0.25) is 0 Å². The number of amides is 1. The van der Waals surface area contributed by atoms with Crippen molar-refractivity contribution in [3.8, 4) is 0 Å². The molecule has 2 fully saturated rings. The molecule has 1 N–H and O–H groups in total. The van der Waals surface area contributed by atoms with Gasteiger partial charge in [-0.2, -0.15) is 0 Å². The third-order valence-corrected chi connectivity index (χ3v) is 8.13. The minimum atomic E-state index is -1.44. The van der Waals surface area contributed by atoms with Gasteiger partial charge in [-0.25, -0.2) is 17.6 Å². The van der Waals surface area contributed by atoms with E-state index < -0.39 is 52.5 Å². The summed E-state index contributed by atoms with van der Waals surface area (Å²) in [5.41, 5.74) is -1.10. The number of aliphatic hydroxyl groups is 1. The van der Waals surface area contributed by atoms with Gasteiger partial charge in [0.25, 0.3) is 0 Å². The van der Waals surface area contributed by atoms with Crippen LogP contribution in [0.25, 0.3) is 0 Å². The highest BCUT2D eigenvalue weighted by Crippen LogP contribution is 2.44. The Bertz CT molecular complexity index is 1140. The van der Waals surface area contributed by atoms with Crippen molar-refractivity contribution in [2.45, 2.75) is 51.7 Å². The van der Waals surface area contributed by atoms with Crippen molar-refractivity contribution in [2.24, 2.45) is 17.8 Å². The first-order valence-electron chi connectivity index (χ1n) is 12.4. The van der Waals surface area contributed by atoms with Crippen LogP contribution >= 0.6 is 12.4 Å². The average Bonchev–Trinajstić information content (AvgIpc) is 3.24. The number of likely N-dealkylation sites (tertiary alicyclic amines) is 2. The van der Waals surface area contributed by atoms with Gasteiger partial charge in [0.05, 0.1) is 11.5 Å². The molecular formula is C28H35ClF4N2O2. The highest BCUT2D eigenvalue weighted by molar-refractivity contribution is 5.85. The lowest BCUT2D eigenvalue weighted by Crippen LogP contribution is -2.57. The van der Waals surface area contributed by atoms with Crippen molar-refractivity contribution in [1.82, 2.24) is 9.80 Å². The van der Waals surface area contributed by atoms with Crippen molar-refractivity contribution in [3.05, 3.63) is 70.8 Å². The lowest BCUT2D eigenvalue weighted by atomic mass is 9.70. The monoisotopic (exact) mass is 542 g/mol. The van der Waals surface area contributed by atoms with E-state index in [0.29, 0.717) is 18.7 Å². The Morgan fingerprint density at radius 3 is 2.05 bits per heavy atom. The SMILES string of the molecule is C[C@@H]1CN(C(=O)[C@@H]2CN(C(C)(C)C)C[C@H]2c2ccc(F)cc2F)C[C@H](C)C1(O)c1ccc(F)c(F)c1.Cl. The molecule has 2 aliphatic rings. The zero-order chi connectivity index (χ0) is 26.6. The minimum absolute atomic E-state index is 0. The molecule has 37 heavy (non-hydrogen) atoms. The van der Waals surface area contributed by atoms with Gasteiger partial charge < -0.3 is 10.0 Å². The molecule has 2 aromatic carbocycles. The van der Waals surface area contributed by atoms with Gasteiger partial charge in [0.1, 0.15) is 11.6 Å². The van der Waals surface area contributed by atoms with Crippen LogP contribution in [0, 0.1) is 41.0 Å². The van der Waals surface area contributed by atoms with Crippen LogP contribution in [0.3, 0.4) is 0 Å². The summed E-state index contributed by atoms with van der Waals surface area (Å²) in [5.74, 6) is -5.42. The van der Waals surface area contributed by atoms with E-state index >= 15 is 0 Å². The molecule has 2 aromatic rings. The number of hydrogen-bond donors (Lipinski definition) is 1. The molecule has 2 saturated heterocycles. The van der Waals surface area contributed by atoms with Crippen LogP contribution in [-0.2, 0) is 10.4 Å². The number of carbonyl (C=O) groups is 1. The predicted molar refractivity (Wildman–Crippen MR) is 136 cm³/mol. The second-order valence-electron chi connectivity index (χ2n) is 11.5. The van der Waals surface area contributed by atoms with Gasteiger partial charge in [0, 0.05) is 55.5 Å². The zero-order valence-electron chi connectivity index (χ0n) is 21.8. The van der Waals surface area contributed by atoms with Gasteiger partial charge >= 0.3 is 0 Å². The number of hydrogen-bond acceptors (Lipinski definition) is 3. The largest absolute Gasteiger partial charge is 0.384 e. The van der Waals surface area contributed by atoms with E-state index in [1.807, 2.05) is 20.8 Å². The first-order valence-corrected chi connectivity index (χ1v) is 12.4. The van der Waals surface area contributed by atoms with E-state index in [9.17, 15) is 27.5 Å². The Kier molecular flexibility index (Phi) is 8.38. The Labute approximate surface area is 222 Å². The second-order valence-corrected chi connectivity index (χ2v) is 11.5. The molecule has 0 spiro atoms. The summed E-state index contributed by atoms with van der Waals surface area (Å²) in [7, 11) is 0. The maximum Gasteiger partial charge on any atom is 0.227 e. The predicted octanol–water partition coefficient (Wildman–Crippen LogP) is 5.48. The van der Waals surface area contributed by atoms with Gasteiger partial charge in [-0.05, 0) is 50.1 Å². The molecule has 1 amide bonds. The Balaban J connectivity index is 0.00000380. The zero-order valence-corrected chi connectivity index (χ0v) is 22.6. The van der Waals surface area contributed by atoms with E-state index in [1.54, 1.807) is 18.7 Å². The second kappa shape index (κ2) is 10.5. The lowest BCUT2D eigenvalue weighted by molar-refractivity contribution is -0.152. The molecular weight excluding hydrogens is 508 g/mol. The van der Waals surface area contributed by atoms with E-state index in [2.05, 4.69) is 4.90 Å². The molecule has 0 aliphatic carbocycles. The van der Waals surface area contributed by atoms with E-state index in [1.165, 1.54) is 18.2 Å². The van der Waals surface area contributed by atoms with Crippen molar-refractivity contribution >= 4 is 18.3 Å². The van der Waals surface area contributed by atoms with Crippen molar-refractivity contribution in [1.29, 1.82) is 0 Å². The van der Waals surface area contributed by atoms with Crippen LogP contribution in [0.4, 0.5) is 17.6 Å². The molecule has 9 heteroatoms. The normalized spacial score (nSPS) is 28.8. The smallest absolute Gasteiger partial charge is 0.227 e. The number of piperidine rings is 1. The van der Waals surface area contributed by atoms with Crippen LogP contribution in [0.1, 0.15) is 51.7 Å². The first kappa shape index (κ1) is 29.4. The van der Waals surface area contributed by atoms with Crippen molar-refractivity contribution < 1.29 is 27.5 Å². The molecule has 4 nitrogen and oxygen atoms in total. The van der Waals surface area contributed by atoms with Crippen molar-refractivity contribution in [2.75, 3.05) is 26.2 Å². The maximum atomic E-state index is 14.8. The summed E-state index contributed by atoms with van der Waals surface area (Å²) in [5, 5.41) is 11.6. The minimum Gasteiger partial charge on any atom is -0.384 e. The first-order chi connectivity index (χ1) is 16.7. The van der Waals surface area contributed by atoms with Crippen LogP contribution in [0.15, 0.2) is 36.4 Å². The molecule has 2 aliphatic heterocycles. The van der Waals surface area contributed by atoms with Gasteiger partial charge in [-0.3, -0.25) is 9.69 Å². The number of benzene rings is 2. The van der Waals surface area contributed by atoms with Gasteiger partial charge in [-0.1, -0.05) is 26.0 Å². The van der Waals surface area contributed by atoms with E-state index in [0.717, 1.165) is 18.2 Å². The Hall–Kier alpha value is -2.16. The number of rotatable bonds is 3. The highest BCUT2D eigenvalue weighted by atomic mass is 35.5. The number of halogens is 5. The highest BCUT2D eigenvalue weighted by Gasteiger charge is 2.50. The molecule has 1 unspecified atom stereocenters. The fourth-order valence-electron chi connectivity index (χ4n) is 5.95.